The largest absolute Gasteiger partial charge is 0.433 e. The summed E-state index contributed by atoms with van der Waals surface area (Å²) in [6, 6.07) is 13.1. The Hall–Kier alpha value is -3.95. The van der Waals surface area contributed by atoms with E-state index >= 15 is 0 Å². The highest BCUT2D eigenvalue weighted by atomic mass is 19.4. The molecular weight excluding hydrogens is 387 g/mol. The highest BCUT2D eigenvalue weighted by Crippen LogP contribution is 2.30. The predicted molar refractivity (Wildman–Crippen MR) is 98.9 cm³/mol. The van der Waals surface area contributed by atoms with E-state index in [1.54, 1.807) is 24.3 Å². The number of anilines is 1. The molecule has 0 atom stereocenters. The summed E-state index contributed by atoms with van der Waals surface area (Å²) in [5.41, 5.74) is -0.764. The number of hydrogen-bond acceptors (Lipinski definition) is 4. The molecule has 0 spiro atoms. The fourth-order valence-electron chi connectivity index (χ4n) is 2.89. The van der Waals surface area contributed by atoms with E-state index in [4.69, 9.17) is 0 Å². The number of hydrogen-bond donors (Lipinski definition) is 2. The van der Waals surface area contributed by atoms with E-state index in [9.17, 15) is 22.8 Å². The number of alkyl halides is 3. The Kier molecular flexibility index (Phi) is 4.38. The molecule has 2 heterocycles. The van der Waals surface area contributed by atoms with Crippen molar-refractivity contribution in [1.82, 2.24) is 20.0 Å². The number of aromatic amines is 1. The van der Waals surface area contributed by atoms with Gasteiger partial charge < -0.3 is 5.32 Å². The van der Waals surface area contributed by atoms with Crippen LogP contribution in [0.25, 0.3) is 16.5 Å². The minimum absolute atomic E-state index is 0.0238. The Balaban J connectivity index is 1.61. The molecule has 10 heteroatoms. The standard InChI is InChI=1S/C19H12F3N5O2/c20-19(21,22)15-9-10-23-27(15)12-7-5-11(6-8-12)24-18(29)16-13-3-1-2-4-14(13)17(28)26-25-16/h1-10H,(H,24,29)(H,26,28). The molecule has 2 aromatic heterocycles. The second-order valence-electron chi connectivity index (χ2n) is 6.07. The number of rotatable bonds is 3. The average Bonchev–Trinajstić information content (AvgIpc) is 3.19. The first kappa shape index (κ1) is 18.4. The molecule has 146 valence electrons. The van der Waals surface area contributed by atoms with Crippen molar-refractivity contribution in [3.8, 4) is 5.69 Å². The van der Waals surface area contributed by atoms with E-state index in [0.717, 1.165) is 16.9 Å². The Morgan fingerprint density at radius 2 is 1.69 bits per heavy atom. The van der Waals surface area contributed by atoms with Crippen molar-refractivity contribution in [2.45, 2.75) is 6.18 Å². The van der Waals surface area contributed by atoms with Crippen LogP contribution in [-0.4, -0.2) is 25.9 Å². The van der Waals surface area contributed by atoms with Crippen molar-refractivity contribution in [1.29, 1.82) is 0 Å². The average molecular weight is 399 g/mol. The van der Waals surface area contributed by atoms with Gasteiger partial charge in [0, 0.05) is 11.1 Å². The molecule has 2 aromatic carbocycles. The highest BCUT2D eigenvalue weighted by Gasteiger charge is 2.35. The van der Waals surface area contributed by atoms with Crippen molar-refractivity contribution in [2.75, 3.05) is 5.32 Å². The Bertz CT molecular complexity index is 1260. The van der Waals surface area contributed by atoms with Crippen molar-refractivity contribution < 1.29 is 18.0 Å². The van der Waals surface area contributed by atoms with Crippen LogP contribution in [0.15, 0.2) is 65.6 Å². The maximum atomic E-state index is 13.0. The molecule has 0 bridgehead atoms. The Labute approximate surface area is 160 Å². The molecule has 4 aromatic rings. The number of carbonyl (C=O) groups is 1. The summed E-state index contributed by atoms with van der Waals surface area (Å²) in [6.45, 7) is 0. The Morgan fingerprint density at radius 3 is 2.38 bits per heavy atom. The molecule has 2 N–H and O–H groups in total. The summed E-state index contributed by atoms with van der Waals surface area (Å²) < 4.78 is 39.8. The zero-order valence-electron chi connectivity index (χ0n) is 14.6. The fraction of sp³-hybridized carbons (Fsp3) is 0.0526. The van der Waals surface area contributed by atoms with Gasteiger partial charge in [-0.25, -0.2) is 9.78 Å². The number of halogens is 3. The van der Waals surface area contributed by atoms with Gasteiger partial charge in [0.15, 0.2) is 5.69 Å². The van der Waals surface area contributed by atoms with Gasteiger partial charge in [-0.1, -0.05) is 18.2 Å². The smallest absolute Gasteiger partial charge is 0.321 e. The van der Waals surface area contributed by atoms with Crippen LogP contribution < -0.4 is 10.9 Å². The number of benzene rings is 2. The number of nitrogens with one attached hydrogen (secondary N) is 2. The molecular formula is C19H12F3N5O2. The summed E-state index contributed by atoms with van der Waals surface area (Å²) in [5.74, 6) is -0.569. The van der Waals surface area contributed by atoms with Gasteiger partial charge in [0.1, 0.15) is 5.69 Å². The predicted octanol–water partition coefficient (Wildman–Crippen LogP) is 3.38. The molecule has 0 saturated carbocycles. The minimum atomic E-state index is -4.54. The molecule has 0 aliphatic rings. The van der Waals surface area contributed by atoms with Gasteiger partial charge in [-0.3, -0.25) is 9.59 Å². The van der Waals surface area contributed by atoms with E-state index in [0.29, 0.717) is 16.5 Å². The topological polar surface area (TPSA) is 92.7 Å². The number of nitrogens with zero attached hydrogens (tertiary/aromatic N) is 3. The van der Waals surface area contributed by atoms with Crippen LogP contribution in [0.3, 0.4) is 0 Å². The lowest BCUT2D eigenvalue weighted by Gasteiger charge is -2.11. The maximum absolute atomic E-state index is 13.0. The normalized spacial score (nSPS) is 11.6. The van der Waals surface area contributed by atoms with Crippen molar-refractivity contribution >= 4 is 22.4 Å². The van der Waals surface area contributed by atoms with E-state index in [2.05, 4.69) is 20.6 Å². The van der Waals surface area contributed by atoms with Gasteiger partial charge >= 0.3 is 6.18 Å². The molecule has 7 nitrogen and oxygen atoms in total. The van der Waals surface area contributed by atoms with Gasteiger partial charge in [0.2, 0.25) is 0 Å². The van der Waals surface area contributed by atoms with Crippen molar-refractivity contribution in [3.05, 3.63) is 82.5 Å². The third-order valence-electron chi connectivity index (χ3n) is 4.21. The first-order valence-electron chi connectivity index (χ1n) is 8.35. The third-order valence-corrected chi connectivity index (χ3v) is 4.21. The quantitative estimate of drug-likeness (QED) is 0.552. The molecule has 0 radical (unpaired) electrons. The summed E-state index contributed by atoms with van der Waals surface area (Å²) in [5, 5.41) is 13.1. The molecule has 0 fully saturated rings. The van der Waals surface area contributed by atoms with Crippen LogP contribution in [0, 0.1) is 0 Å². The number of fused-ring (bicyclic) bond motifs is 1. The second-order valence-corrected chi connectivity index (χ2v) is 6.07. The molecule has 4 rings (SSSR count). The maximum Gasteiger partial charge on any atom is 0.433 e. The number of H-pyrrole nitrogens is 1. The SMILES string of the molecule is O=C(Nc1ccc(-n2nccc2C(F)(F)F)cc1)c1n[nH]c(=O)c2ccccc12. The summed E-state index contributed by atoms with van der Waals surface area (Å²) >= 11 is 0. The van der Waals surface area contributed by atoms with Crippen molar-refractivity contribution in [3.63, 3.8) is 0 Å². The van der Waals surface area contributed by atoms with Crippen molar-refractivity contribution in [2.24, 2.45) is 0 Å². The lowest BCUT2D eigenvalue weighted by Crippen LogP contribution is -2.19. The molecule has 0 unspecified atom stereocenters. The van der Waals surface area contributed by atoms with Gasteiger partial charge in [-0.2, -0.15) is 23.4 Å². The summed E-state index contributed by atoms with van der Waals surface area (Å²) in [7, 11) is 0. The molecule has 29 heavy (non-hydrogen) atoms. The molecule has 0 saturated heterocycles. The fourth-order valence-corrected chi connectivity index (χ4v) is 2.89. The summed E-state index contributed by atoms with van der Waals surface area (Å²) in [6.07, 6.45) is -3.48. The number of carbonyl (C=O) groups excluding carboxylic acids is 1. The summed E-state index contributed by atoms with van der Waals surface area (Å²) in [4.78, 5) is 24.4. The van der Waals surface area contributed by atoms with Crippen LogP contribution in [0.5, 0.6) is 0 Å². The van der Waals surface area contributed by atoms with Gasteiger partial charge in [-0.05, 0) is 36.4 Å². The van der Waals surface area contributed by atoms with Crippen LogP contribution >= 0.6 is 0 Å². The van der Waals surface area contributed by atoms with Gasteiger partial charge in [0.25, 0.3) is 11.5 Å². The Morgan fingerprint density at radius 1 is 1.00 bits per heavy atom. The molecule has 1 amide bonds. The van der Waals surface area contributed by atoms with Gasteiger partial charge in [0.05, 0.1) is 17.3 Å². The lowest BCUT2D eigenvalue weighted by molar-refractivity contribution is -0.142. The molecule has 0 aliphatic carbocycles. The van der Waals surface area contributed by atoms with E-state index in [-0.39, 0.29) is 11.4 Å². The van der Waals surface area contributed by atoms with E-state index < -0.39 is 23.3 Å². The van der Waals surface area contributed by atoms with E-state index in [1.165, 1.54) is 24.3 Å². The zero-order valence-corrected chi connectivity index (χ0v) is 14.6. The van der Waals surface area contributed by atoms with Crippen LogP contribution in [-0.2, 0) is 6.18 Å². The minimum Gasteiger partial charge on any atom is -0.321 e. The third kappa shape index (κ3) is 3.47. The van der Waals surface area contributed by atoms with Crippen LogP contribution in [0.1, 0.15) is 16.2 Å². The number of aromatic nitrogens is 4. The first-order valence-corrected chi connectivity index (χ1v) is 8.35. The zero-order chi connectivity index (χ0) is 20.6. The van der Waals surface area contributed by atoms with E-state index in [1.807, 2.05) is 0 Å². The second kappa shape index (κ2) is 6.89. The number of amides is 1. The van der Waals surface area contributed by atoms with Crippen LogP contribution in [0.2, 0.25) is 0 Å². The monoisotopic (exact) mass is 399 g/mol. The van der Waals surface area contributed by atoms with Gasteiger partial charge in [-0.15, -0.1) is 0 Å². The molecule has 0 aliphatic heterocycles. The van der Waals surface area contributed by atoms with Crippen LogP contribution in [0.4, 0.5) is 18.9 Å². The highest BCUT2D eigenvalue weighted by molar-refractivity contribution is 6.11. The first-order chi connectivity index (χ1) is 13.8. The lowest BCUT2D eigenvalue weighted by atomic mass is 10.1.